The van der Waals surface area contributed by atoms with Crippen molar-refractivity contribution >= 4 is 87.6 Å². The smallest absolute Gasteiger partial charge is 0.326 e. The highest BCUT2D eigenvalue weighted by Gasteiger charge is 2.42. The molecule has 0 saturated carbocycles. The minimum absolute atomic E-state index is 0.218. The number of hydrazine groups is 1. The van der Waals surface area contributed by atoms with E-state index in [-0.39, 0.29) is 36.8 Å². The van der Waals surface area contributed by atoms with Crippen molar-refractivity contribution in [3.63, 3.8) is 0 Å². The Morgan fingerprint density at radius 3 is 1.82 bits per heavy atom. The number of amides is 4. The van der Waals surface area contributed by atoms with E-state index in [1.54, 1.807) is 0 Å². The first kappa shape index (κ1) is 25.1. The SMILES string of the molecule is O=C(COC(=O)CN1C(=O)c2c(Cl)c(Cl)c(Cl)c(Cl)c2C1=O)NNC(=O)c1ccc(Cl)cc1. The molecular formula is C19H10Cl5N3O6. The van der Waals surface area contributed by atoms with Gasteiger partial charge in [0, 0.05) is 10.6 Å². The molecule has 0 fully saturated rings. The van der Waals surface area contributed by atoms with Crippen molar-refractivity contribution in [2.24, 2.45) is 0 Å². The summed E-state index contributed by atoms with van der Waals surface area (Å²) in [6.07, 6.45) is 0. The van der Waals surface area contributed by atoms with Crippen LogP contribution in [-0.2, 0) is 14.3 Å². The summed E-state index contributed by atoms with van der Waals surface area (Å²) in [5.41, 5.74) is 3.79. The van der Waals surface area contributed by atoms with E-state index in [4.69, 9.17) is 62.7 Å². The molecule has 4 amide bonds. The summed E-state index contributed by atoms with van der Waals surface area (Å²) in [5.74, 6) is -4.47. The summed E-state index contributed by atoms with van der Waals surface area (Å²) in [7, 11) is 0. The van der Waals surface area contributed by atoms with Crippen molar-refractivity contribution in [2.75, 3.05) is 13.2 Å². The molecule has 3 rings (SSSR count). The van der Waals surface area contributed by atoms with Crippen molar-refractivity contribution in [2.45, 2.75) is 0 Å². The van der Waals surface area contributed by atoms with Crippen LogP contribution in [0.2, 0.25) is 25.1 Å². The van der Waals surface area contributed by atoms with Gasteiger partial charge in [-0.05, 0) is 24.3 Å². The van der Waals surface area contributed by atoms with Crippen molar-refractivity contribution in [1.82, 2.24) is 15.8 Å². The molecule has 14 heteroatoms. The molecular weight excluding hydrogens is 543 g/mol. The van der Waals surface area contributed by atoms with Crippen LogP contribution in [0.1, 0.15) is 31.1 Å². The van der Waals surface area contributed by atoms with Crippen LogP contribution in [0.25, 0.3) is 0 Å². The second-order valence-electron chi connectivity index (χ2n) is 6.37. The molecule has 172 valence electrons. The molecule has 0 aliphatic carbocycles. The van der Waals surface area contributed by atoms with Crippen LogP contribution in [0.15, 0.2) is 24.3 Å². The van der Waals surface area contributed by atoms with Gasteiger partial charge >= 0.3 is 5.97 Å². The second kappa shape index (κ2) is 10.1. The predicted molar refractivity (Wildman–Crippen MR) is 120 cm³/mol. The van der Waals surface area contributed by atoms with Gasteiger partial charge in [-0.15, -0.1) is 0 Å². The van der Waals surface area contributed by atoms with Crippen molar-refractivity contribution in [3.05, 3.63) is 66.1 Å². The lowest BCUT2D eigenvalue weighted by Gasteiger charge is -2.13. The monoisotopic (exact) mass is 551 g/mol. The lowest BCUT2D eigenvalue weighted by atomic mass is 10.1. The first-order valence-corrected chi connectivity index (χ1v) is 10.6. The van der Waals surface area contributed by atoms with Crippen molar-refractivity contribution in [1.29, 1.82) is 0 Å². The Labute approximate surface area is 210 Å². The van der Waals surface area contributed by atoms with Crippen LogP contribution in [0.3, 0.4) is 0 Å². The van der Waals surface area contributed by atoms with E-state index in [1.165, 1.54) is 24.3 Å². The molecule has 33 heavy (non-hydrogen) atoms. The van der Waals surface area contributed by atoms with E-state index in [1.807, 2.05) is 5.43 Å². The molecule has 2 aromatic carbocycles. The standard InChI is InChI=1S/C19H10Cl5N3O6/c20-8-3-1-7(2-4-8)17(30)26-25-9(28)6-33-10(29)5-27-18(31)11-12(19(27)32)14(22)16(24)15(23)13(11)21/h1-4H,5-6H2,(H,25,28)(H,26,30). The minimum Gasteiger partial charge on any atom is -0.454 e. The normalized spacial score (nSPS) is 12.5. The van der Waals surface area contributed by atoms with Gasteiger partial charge in [0.25, 0.3) is 23.6 Å². The third-order valence-corrected chi connectivity index (χ3v) is 6.31. The molecule has 1 heterocycles. The average molecular weight is 554 g/mol. The van der Waals surface area contributed by atoms with E-state index in [0.717, 1.165) is 0 Å². The third-order valence-electron chi connectivity index (χ3n) is 4.26. The van der Waals surface area contributed by atoms with E-state index < -0.39 is 42.7 Å². The van der Waals surface area contributed by atoms with Gasteiger partial charge in [0.1, 0.15) is 6.54 Å². The van der Waals surface area contributed by atoms with Gasteiger partial charge in [0.15, 0.2) is 6.61 Å². The van der Waals surface area contributed by atoms with Crippen LogP contribution >= 0.6 is 58.0 Å². The van der Waals surface area contributed by atoms with Crippen LogP contribution in [-0.4, -0.2) is 47.6 Å². The zero-order valence-corrected chi connectivity index (χ0v) is 19.8. The molecule has 1 aliphatic rings. The molecule has 0 radical (unpaired) electrons. The summed E-state index contributed by atoms with van der Waals surface area (Å²) in [6.45, 7) is -1.64. The summed E-state index contributed by atoms with van der Waals surface area (Å²) in [6, 6.07) is 5.85. The number of hydrogen-bond donors (Lipinski definition) is 2. The number of carbonyl (C=O) groups is 5. The van der Waals surface area contributed by atoms with Gasteiger partial charge in [-0.3, -0.25) is 39.7 Å². The number of ether oxygens (including phenoxy) is 1. The fourth-order valence-corrected chi connectivity index (χ4v) is 3.84. The topological polar surface area (TPSA) is 122 Å². The first-order chi connectivity index (χ1) is 15.5. The summed E-state index contributed by atoms with van der Waals surface area (Å²) in [5, 5.41) is -0.580. The van der Waals surface area contributed by atoms with Gasteiger partial charge in [0.05, 0.1) is 31.2 Å². The quantitative estimate of drug-likeness (QED) is 0.192. The lowest BCUT2D eigenvalue weighted by molar-refractivity contribution is -0.148. The van der Waals surface area contributed by atoms with Gasteiger partial charge in [-0.1, -0.05) is 58.0 Å². The Morgan fingerprint density at radius 2 is 1.30 bits per heavy atom. The number of benzene rings is 2. The molecule has 9 nitrogen and oxygen atoms in total. The van der Waals surface area contributed by atoms with E-state index in [0.29, 0.717) is 9.92 Å². The zero-order valence-electron chi connectivity index (χ0n) is 16.0. The predicted octanol–water partition coefficient (Wildman–Crippen LogP) is 3.55. The van der Waals surface area contributed by atoms with Gasteiger partial charge in [-0.25, -0.2) is 0 Å². The van der Waals surface area contributed by atoms with Crippen molar-refractivity contribution < 1.29 is 28.7 Å². The third kappa shape index (κ3) is 5.18. The molecule has 0 aromatic heterocycles. The number of rotatable bonds is 5. The Hall–Kier alpha value is -2.56. The number of imide groups is 1. The highest BCUT2D eigenvalue weighted by atomic mass is 35.5. The Kier molecular flexibility index (Phi) is 7.71. The highest BCUT2D eigenvalue weighted by molar-refractivity contribution is 6.55. The second-order valence-corrected chi connectivity index (χ2v) is 8.32. The summed E-state index contributed by atoms with van der Waals surface area (Å²) in [4.78, 5) is 61.5. The fraction of sp³-hybridized carbons (Fsp3) is 0.105. The van der Waals surface area contributed by atoms with Crippen LogP contribution in [0, 0.1) is 0 Å². The van der Waals surface area contributed by atoms with Crippen LogP contribution < -0.4 is 10.9 Å². The van der Waals surface area contributed by atoms with Crippen molar-refractivity contribution in [3.8, 4) is 0 Å². The van der Waals surface area contributed by atoms with Gasteiger partial charge in [-0.2, -0.15) is 0 Å². The first-order valence-electron chi connectivity index (χ1n) is 8.75. The molecule has 0 spiro atoms. The summed E-state index contributed by atoms with van der Waals surface area (Å²) < 4.78 is 4.74. The highest BCUT2D eigenvalue weighted by Crippen LogP contribution is 2.44. The number of carbonyl (C=O) groups excluding carboxylic acids is 5. The van der Waals surface area contributed by atoms with E-state index in [9.17, 15) is 24.0 Å². The molecule has 1 aliphatic heterocycles. The van der Waals surface area contributed by atoms with Gasteiger partial charge in [0.2, 0.25) is 0 Å². The fourth-order valence-electron chi connectivity index (χ4n) is 2.70. The van der Waals surface area contributed by atoms with Crippen LogP contribution in [0.5, 0.6) is 0 Å². The van der Waals surface area contributed by atoms with E-state index in [2.05, 4.69) is 5.43 Å². The number of fused-ring (bicyclic) bond motifs is 1. The number of hydrogen-bond acceptors (Lipinski definition) is 6. The number of halogens is 5. The Balaban J connectivity index is 1.55. The maximum atomic E-state index is 12.6. The number of nitrogens with zero attached hydrogens (tertiary/aromatic N) is 1. The summed E-state index contributed by atoms with van der Waals surface area (Å²) >= 11 is 29.6. The minimum atomic E-state index is -1.09. The number of esters is 1. The molecule has 2 aromatic rings. The lowest BCUT2D eigenvalue weighted by Crippen LogP contribution is -2.44. The van der Waals surface area contributed by atoms with Crippen LogP contribution in [0.4, 0.5) is 0 Å². The van der Waals surface area contributed by atoms with E-state index >= 15 is 0 Å². The van der Waals surface area contributed by atoms with Gasteiger partial charge < -0.3 is 4.74 Å². The number of nitrogens with one attached hydrogen (secondary N) is 2. The molecule has 0 atom stereocenters. The molecule has 0 bridgehead atoms. The molecule has 0 saturated heterocycles. The molecule has 2 N–H and O–H groups in total. The largest absolute Gasteiger partial charge is 0.454 e. The zero-order chi connectivity index (χ0) is 24.4. The Bertz CT molecular complexity index is 1150. The maximum absolute atomic E-state index is 12.6. The maximum Gasteiger partial charge on any atom is 0.326 e. The Morgan fingerprint density at radius 1 is 0.788 bits per heavy atom. The molecule has 0 unspecified atom stereocenters. The average Bonchev–Trinajstić information content (AvgIpc) is 3.03.